The summed E-state index contributed by atoms with van der Waals surface area (Å²) in [6.45, 7) is -0.769. The summed E-state index contributed by atoms with van der Waals surface area (Å²) in [4.78, 5) is 11.2. The molecule has 0 saturated carbocycles. The summed E-state index contributed by atoms with van der Waals surface area (Å²) in [5.41, 5.74) is 5.28. The number of nitrogens with one attached hydrogen (secondary N) is 1. The minimum Gasteiger partial charge on any atom is -0.399 e. The molecule has 1 aromatic carbocycles. The summed E-state index contributed by atoms with van der Waals surface area (Å²) < 4.78 is 36.3. The van der Waals surface area contributed by atoms with Gasteiger partial charge in [0, 0.05) is 11.3 Å². The summed E-state index contributed by atoms with van der Waals surface area (Å²) in [5, 5.41) is 1.94. The normalized spacial score (nSPS) is 10.4. The van der Waals surface area contributed by atoms with Crippen molar-refractivity contribution in [1.29, 1.82) is 0 Å². The monoisotopic (exact) mass is 218 g/mol. The zero-order valence-corrected chi connectivity index (χ0v) is 7.64. The predicted molar refractivity (Wildman–Crippen MR) is 49.1 cm³/mol. The van der Waals surface area contributed by atoms with Gasteiger partial charge in [-0.3, -0.25) is 4.79 Å². The fraction of sp³-hybridized carbons (Fsp3) is 0.222. The van der Waals surface area contributed by atoms with Crippen LogP contribution in [0.15, 0.2) is 18.2 Å². The Morgan fingerprint density at radius 1 is 1.40 bits per heavy atom. The molecule has 0 aliphatic rings. The van der Waals surface area contributed by atoms with Gasteiger partial charge in [-0.2, -0.15) is 0 Å². The van der Waals surface area contributed by atoms with Gasteiger partial charge in [0.05, 0.1) is 6.54 Å². The summed E-state index contributed by atoms with van der Waals surface area (Å²) in [6, 6.07) is 3.17. The van der Waals surface area contributed by atoms with Gasteiger partial charge in [0.2, 0.25) is 0 Å². The molecule has 0 aliphatic heterocycles. The third-order valence-corrected chi connectivity index (χ3v) is 1.60. The summed E-state index contributed by atoms with van der Waals surface area (Å²) in [7, 11) is 0. The van der Waals surface area contributed by atoms with Gasteiger partial charge in [0.1, 0.15) is 5.82 Å². The minimum atomic E-state index is -2.64. The van der Waals surface area contributed by atoms with E-state index in [0.29, 0.717) is 0 Å². The summed E-state index contributed by atoms with van der Waals surface area (Å²) in [5.74, 6) is -1.46. The van der Waals surface area contributed by atoms with Crippen LogP contribution in [0.3, 0.4) is 0 Å². The van der Waals surface area contributed by atoms with E-state index in [1.54, 1.807) is 0 Å². The number of amides is 1. The highest BCUT2D eigenvalue weighted by molar-refractivity contribution is 5.95. The van der Waals surface area contributed by atoms with E-state index in [4.69, 9.17) is 5.73 Å². The number of hydrogen-bond acceptors (Lipinski definition) is 2. The van der Waals surface area contributed by atoms with Crippen molar-refractivity contribution in [1.82, 2.24) is 5.32 Å². The number of hydrogen-bond donors (Lipinski definition) is 2. The third kappa shape index (κ3) is 3.49. The molecular weight excluding hydrogens is 209 g/mol. The molecule has 6 heteroatoms. The maximum atomic E-state index is 12.8. The second kappa shape index (κ2) is 4.68. The molecule has 0 unspecified atom stereocenters. The number of benzene rings is 1. The van der Waals surface area contributed by atoms with Gasteiger partial charge >= 0.3 is 0 Å². The number of halogens is 3. The van der Waals surface area contributed by atoms with Crippen molar-refractivity contribution in [2.45, 2.75) is 6.43 Å². The minimum absolute atomic E-state index is 0.0668. The van der Waals surface area contributed by atoms with Gasteiger partial charge in [-0.1, -0.05) is 0 Å². The molecule has 0 atom stereocenters. The second-order valence-electron chi connectivity index (χ2n) is 2.87. The van der Waals surface area contributed by atoms with Crippen molar-refractivity contribution in [3.8, 4) is 0 Å². The Bertz CT molecular complexity index is 348. The van der Waals surface area contributed by atoms with Crippen LogP contribution in [-0.2, 0) is 0 Å². The highest BCUT2D eigenvalue weighted by Crippen LogP contribution is 2.10. The zero-order valence-electron chi connectivity index (χ0n) is 7.64. The van der Waals surface area contributed by atoms with Crippen LogP contribution in [0.1, 0.15) is 10.4 Å². The van der Waals surface area contributed by atoms with E-state index >= 15 is 0 Å². The van der Waals surface area contributed by atoms with Gasteiger partial charge in [0.15, 0.2) is 0 Å². The van der Waals surface area contributed by atoms with Gasteiger partial charge < -0.3 is 11.1 Å². The second-order valence-corrected chi connectivity index (χ2v) is 2.87. The van der Waals surface area contributed by atoms with Crippen molar-refractivity contribution >= 4 is 11.6 Å². The van der Waals surface area contributed by atoms with Crippen LogP contribution in [0.4, 0.5) is 18.9 Å². The molecule has 0 heterocycles. The van der Waals surface area contributed by atoms with E-state index in [1.807, 2.05) is 5.32 Å². The highest BCUT2D eigenvalue weighted by Gasteiger charge is 2.10. The molecule has 15 heavy (non-hydrogen) atoms. The first kappa shape index (κ1) is 11.4. The highest BCUT2D eigenvalue weighted by atomic mass is 19.3. The molecule has 0 aromatic heterocycles. The molecule has 3 N–H and O–H groups in total. The van der Waals surface area contributed by atoms with E-state index in [0.717, 1.165) is 12.1 Å². The largest absolute Gasteiger partial charge is 0.399 e. The topological polar surface area (TPSA) is 55.1 Å². The first-order valence-corrected chi connectivity index (χ1v) is 4.11. The number of rotatable bonds is 3. The Labute approximate surface area is 84.1 Å². The van der Waals surface area contributed by atoms with Crippen LogP contribution >= 0.6 is 0 Å². The Hall–Kier alpha value is -1.72. The lowest BCUT2D eigenvalue weighted by atomic mass is 10.2. The predicted octanol–water partition coefficient (Wildman–Crippen LogP) is 1.40. The first-order valence-electron chi connectivity index (χ1n) is 4.11. The molecule has 3 nitrogen and oxygen atoms in total. The molecule has 1 amide bonds. The molecule has 0 saturated heterocycles. The van der Waals surface area contributed by atoms with Crippen LogP contribution in [-0.4, -0.2) is 18.9 Å². The first-order chi connectivity index (χ1) is 6.99. The zero-order chi connectivity index (χ0) is 11.4. The Balaban J connectivity index is 2.73. The van der Waals surface area contributed by atoms with Crippen LogP contribution < -0.4 is 11.1 Å². The Morgan fingerprint density at radius 3 is 2.60 bits per heavy atom. The smallest absolute Gasteiger partial charge is 0.255 e. The summed E-state index contributed by atoms with van der Waals surface area (Å²) in [6.07, 6.45) is -2.64. The van der Waals surface area contributed by atoms with Gasteiger partial charge in [-0.05, 0) is 18.2 Å². The van der Waals surface area contributed by atoms with E-state index < -0.39 is 24.7 Å². The van der Waals surface area contributed by atoms with E-state index in [9.17, 15) is 18.0 Å². The third-order valence-electron chi connectivity index (χ3n) is 1.60. The number of nitrogens with two attached hydrogens (primary N) is 1. The Morgan fingerprint density at radius 2 is 2.07 bits per heavy atom. The molecule has 1 rings (SSSR count). The molecule has 0 fully saturated rings. The maximum Gasteiger partial charge on any atom is 0.255 e. The van der Waals surface area contributed by atoms with Crippen molar-refractivity contribution in [2.75, 3.05) is 12.3 Å². The lowest BCUT2D eigenvalue weighted by Gasteiger charge is -2.05. The van der Waals surface area contributed by atoms with Crippen molar-refractivity contribution in [3.05, 3.63) is 29.6 Å². The average Bonchev–Trinajstić information content (AvgIpc) is 2.12. The van der Waals surface area contributed by atoms with Gasteiger partial charge in [0.25, 0.3) is 12.3 Å². The number of nitrogen functional groups attached to an aromatic ring is 1. The fourth-order valence-electron chi connectivity index (χ4n) is 1.02. The van der Waals surface area contributed by atoms with Gasteiger partial charge in [-0.15, -0.1) is 0 Å². The van der Waals surface area contributed by atoms with E-state index in [2.05, 4.69) is 0 Å². The van der Waals surface area contributed by atoms with Gasteiger partial charge in [-0.25, -0.2) is 13.2 Å². The molecule has 1 aromatic rings. The number of anilines is 1. The molecule has 0 spiro atoms. The van der Waals surface area contributed by atoms with Crippen molar-refractivity contribution in [3.63, 3.8) is 0 Å². The summed E-state index contributed by atoms with van der Waals surface area (Å²) >= 11 is 0. The number of carbonyl (C=O) groups excluding carboxylic acids is 1. The molecule has 0 aliphatic carbocycles. The van der Waals surface area contributed by atoms with E-state index in [-0.39, 0.29) is 11.3 Å². The number of carbonyl (C=O) groups is 1. The lowest BCUT2D eigenvalue weighted by molar-refractivity contribution is 0.0891. The van der Waals surface area contributed by atoms with Crippen molar-refractivity contribution < 1.29 is 18.0 Å². The maximum absolute atomic E-state index is 12.8. The number of alkyl halides is 2. The Kier molecular flexibility index (Phi) is 3.54. The fourth-order valence-corrected chi connectivity index (χ4v) is 1.02. The lowest BCUT2D eigenvalue weighted by Crippen LogP contribution is -2.28. The molecule has 0 bridgehead atoms. The molecule has 82 valence electrons. The molecule has 0 radical (unpaired) electrons. The van der Waals surface area contributed by atoms with E-state index in [1.165, 1.54) is 6.07 Å². The molecular formula is C9H9F3N2O. The quantitative estimate of drug-likeness (QED) is 0.753. The standard InChI is InChI=1S/C9H9F3N2O/c10-6-1-5(2-7(13)3-6)9(15)14-4-8(11)12/h1-3,8H,4,13H2,(H,14,15). The van der Waals surface area contributed by atoms with Crippen molar-refractivity contribution in [2.24, 2.45) is 0 Å². The SMILES string of the molecule is Nc1cc(F)cc(C(=O)NCC(F)F)c1. The van der Waals surface area contributed by atoms with Crippen LogP contribution in [0.5, 0.6) is 0 Å². The van der Waals surface area contributed by atoms with Crippen LogP contribution in [0.25, 0.3) is 0 Å². The average molecular weight is 218 g/mol. The van der Waals surface area contributed by atoms with Crippen LogP contribution in [0.2, 0.25) is 0 Å². The van der Waals surface area contributed by atoms with Crippen LogP contribution in [0, 0.1) is 5.82 Å².